The molecule has 1 aliphatic heterocycles. The van der Waals surface area contributed by atoms with Gasteiger partial charge < -0.3 is 15.2 Å². The molecule has 0 bridgehead atoms. The third-order valence-corrected chi connectivity index (χ3v) is 4.80. The molecule has 1 aromatic heterocycles. The number of hydrogen-bond donors (Lipinski definition) is 2. The number of carbonyl (C=O) groups is 1. The number of aromatic nitrogens is 2. The Balaban J connectivity index is 0.00000169. The predicted octanol–water partition coefficient (Wildman–Crippen LogP) is 3.51. The summed E-state index contributed by atoms with van der Waals surface area (Å²) in [5.41, 5.74) is 2.20. The van der Waals surface area contributed by atoms with E-state index in [2.05, 4.69) is 35.1 Å². The minimum absolute atomic E-state index is 0. The lowest BCUT2D eigenvalue weighted by Crippen LogP contribution is -2.27. The highest BCUT2D eigenvalue weighted by atomic mass is 35.5. The Labute approximate surface area is 168 Å². The molecule has 2 N–H and O–H groups in total. The number of carbonyl (C=O) groups excluding carboxylic acids is 1. The first kappa shape index (κ1) is 22.7. The second kappa shape index (κ2) is 10.8. The van der Waals surface area contributed by atoms with Gasteiger partial charge in [-0.15, -0.1) is 24.8 Å². The van der Waals surface area contributed by atoms with Crippen LogP contribution in [-0.4, -0.2) is 35.1 Å². The van der Waals surface area contributed by atoms with Crippen LogP contribution in [0.4, 0.5) is 0 Å². The molecule has 26 heavy (non-hydrogen) atoms. The number of halogens is 2. The van der Waals surface area contributed by atoms with E-state index in [1.54, 1.807) is 0 Å². The molecule has 1 unspecified atom stereocenters. The number of fused-ring (bicyclic) bond motifs is 1. The van der Waals surface area contributed by atoms with Gasteiger partial charge >= 0.3 is 0 Å². The van der Waals surface area contributed by atoms with Crippen molar-refractivity contribution in [3.05, 3.63) is 30.1 Å². The van der Waals surface area contributed by atoms with Crippen LogP contribution in [0, 0.1) is 5.92 Å². The van der Waals surface area contributed by atoms with E-state index < -0.39 is 0 Å². The van der Waals surface area contributed by atoms with Gasteiger partial charge in [0.1, 0.15) is 5.82 Å². The Bertz CT molecular complexity index is 696. The van der Waals surface area contributed by atoms with Crippen molar-refractivity contribution in [3.63, 3.8) is 0 Å². The largest absolute Gasteiger partial charge is 0.356 e. The van der Waals surface area contributed by atoms with Crippen LogP contribution in [0.2, 0.25) is 0 Å². The molecule has 1 amide bonds. The molecule has 0 saturated carbocycles. The van der Waals surface area contributed by atoms with Gasteiger partial charge in [0.2, 0.25) is 5.91 Å². The Morgan fingerprint density at radius 3 is 2.81 bits per heavy atom. The summed E-state index contributed by atoms with van der Waals surface area (Å²) in [5.74, 6) is 1.88. The highest BCUT2D eigenvalue weighted by Crippen LogP contribution is 2.21. The Hall–Kier alpha value is -1.30. The van der Waals surface area contributed by atoms with E-state index in [0.717, 1.165) is 37.3 Å². The number of imidazole rings is 1. The lowest BCUT2D eigenvalue weighted by molar-refractivity contribution is -0.121. The molecule has 1 fully saturated rings. The molecule has 0 aliphatic carbocycles. The fourth-order valence-corrected chi connectivity index (χ4v) is 3.55. The summed E-state index contributed by atoms with van der Waals surface area (Å²) in [6, 6.07) is 8.58. The van der Waals surface area contributed by atoms with Gasteiger partial charge in [-0.2, -0.15) is 0 Å². The number of benzene rings is 1. The molecule has 1 saturated heterocycles. The Morgan fingerprint density at radius 1 is 1.35 bits per heavy atom. The number of nitrogens with one attached hydrogen (secondary N) is 2. The van der Waals surface area contributed by atoms with Crippen molar-refractivity contribution in [2.75, 3.05) is 19.6 Å². The van der Waals surface area contributed by atoms with Gasteiger partial charge in [0.25, 0.3) is 0 Å². The highest BCUT2D eigenvalue weighted by molar-refractivity contribution is 5.85. The van der Waals surface area contributed by atoms with Gasteiger partial charge in [-0.05, 0) is 57.8 Å². The molecule has 1 aromatic carbocycles. The first-order valence-corrected chi connectivity index (χ1v) is 9.08. The second-order valence-corrected chi connectivity index (χ2v) is 6.98. The van der Waals surface area contributed by atoms with Crippen molar-refractivity contribution in [1.82, 2.24) is 20.2 Å². The molecule has 3 rings (SSSR count). The minimum Gasteiger partial charge on any atom is -0.356 e. The van der Waals surface area contributed by atoms with Crippen LogP contribution in [0.3, 0.4) is 0 Å². The highest BCUT2D eigenvalue weighted by Gasteiger charge is 2.16. The van der Waals surface area contributed by atoms with Gasteiger partial charge in [-0.3, -0.25) is 4.79 Å². The maximum atomic E-state index is 12.0. The summed E-state index contributed by atoms with van der Waals surface area (Å²) in [6.45, 7) is 7.15. The van der Waals surface area contributed by atoms with E-state index in [1.807, 2.05) is 18.2 Å². The van der Waals surface area contributed by atoms with Crippen LogP contribution in [0.1, 0.15) is 45.0 Å². The summed E-state index contributed by atoms with van der Waals surface area (Å²) >= 11 is 0. The number of amides is 1. The molecule has 1 aliphatic rings. The summed E-state index contributed by atoms with van der Waals surface area (Å²) < 4.78 is 2.27. The molecule has 146 valence electrons. The van der Waals surface area contributed by atoms with E-state index >= 15 is 0 Å². The third-order valence-electron chi connectivity index (χ3n) is 4.80. The van der Waals surface area contributed by atoms with Crippen LogP contribution in [-0.2, 0) is 11.2 Å². The van der Waals surface area contributed by atoms with Gasteiger partial charge in [0.05, 0.1) is 11.0 Å². The van der Waals surface area contributed by atoms with Crippen molar-refractivity contribution in [2.24, 2.45) is 5.92 Å². The standard InChI is InChI=1S/C19H28N4O.2ClH/c1-14(2)23-17-6-4-3-5-16(17)22-18(23)10-12-21-19(24)8-7-15-9-11-20-13-15;;/h3-6,14-15,20H,7-13H2,1-2H3,(H,21,24);2*1H. The molecule has 2 aromatic rings. The number of nitrogens with zero attached hydrogens (tertiary/aromatic N) is 2. The van der Waals surface area contributed by atoms with Gasteiger partial charge in [-0.25, -0.2) is 4.98 Å². The predicted molar refractivity (Wildman–Crippen MR) is 112 cm³/mol. The van der Waals surface area contributed by atoms with Gasteiger partial charge in [0, 0.05) is 25.4 Å². The SMILES string of the molecule is CC(C)n1c(CCNC(=O)CCC2CCNC2)nc2ccccc21.Cl.Cl. The number of rotatable bonds is 7. The fraction of sp³-hybridized carbons (Fsp3) is 0.579. The van der Waals surface area contributed by atoms with Crippen molar-refractivity contribution >= 4 is 41.8 Å². The van der Waals surface area contributed by atoms with Crippen LogP contribution < -0.4 is 10.6 Å². The lowest BCUT2D eigenvalue weighted by Gasteiger charge is -2.13. The van der Waals surface area contributed by atoms with E-state index in [-0.39, 0.29) is 30.7 Å². The zero-order valence-corrected chi connectivity index (χ0v) is 17.2. The van der Waals surface area contributed by atoms with Crippen molar-refractivity contribution < 1.29 is 4.79 Å². The number of hydrogen-bond acceptors (Lipinski definition) is 3. The Morgan fingerprint density at radius 2 is 2.12 bits per heavy atom. The van der Waals surface area contributed by atoms with Gasteiger partial charge in [-0.1, -0.05) is 12.1 Å². The zero-order valence-electron chi connectivity index (χ0n) is 15.5. The van der Waals surface area contributed by atoms with Crippen molar-refractivity contribution in [2.45, 2.75) is 45.6 Å². The average molecular weight is 401 g/mol. The van der Waals surface area contributed by atoms with E-state index in [0.29, 0.717) is 24.9 Å². The average Bonchev–Trinajstić information content (AvgIpc) is 3.20. The van der Waals surface area contributed by atoms with Crippen LogP contribution in [0.25, 0.3) is 11.0 Å². The molecule has 0 spiro atoms. The monoisotopic (exact) mass is 400 g/mol. The molecule has 0 radical (unpaired) electrons. The first-order chi connectivity index (χ1) is 11.6. The van der Waals surface area contributed by atoms with Crippen molar-refractivity contribution in [3.8, 4) is 0 Å². The summed E-state index contributed by atoms with van der Waals surface area (Å²) in [5, 5.41) is 6.40. The molecule has 7 heteroatoms. The number of para-hydroxylation sites is 2. The minimum atomic E-state index is 0. The van der Waals surface area contributed by atoms with E-state index in [9.17, 15) is 4.79 Å². The molecule has 1 atom stereocenters. The van der Waals surface area contributed by atoms with Crippen LogP contribution in [0.15, 0.2) is 24.3 Å². The Kier molecular flexibility index (Phi) is 9.41. The van der Waals surface area contributed by atoms with Crippen molar-refractivity contribution in [1.29, 1.82) is 0 Å². The zero-order chi connectivity index (χ0) is 16.9. The molecule has 2 heterocycles. The third kappa shape index (κ3) is 5.60. The summed E-state index contributed by atoms with van der Waals surface area (Å²) in [4.78, 5) is 16.8. The maximum Gasteiger partial charge on any atom is 0.220 e. The second-order valence-electron chi connectivity index (χ2n) is 6.98. The molecular weight excluding hydrogens is 371 g/mol. The first-order valence-electron chi connectivity index (χ1n) is 9.08. The van der Waals surface area contributed by atoms with E-state index in [4.69, 9.17) is 4.98 Å². The summed E-state index contributed by atoms with van der Waals surface area (Å²) in [6.07, 6.45) is 3.59. The molecular formula is C19H30Cl2N4O. The lowest BCUT2D eigenvalue weighted by atomic mass is 10.0. The maximum absolute atomic E-state index is 12.0. The van der Waals surface area contributed by atoms with Gasteiger partial charge in [0.15, 0.2) is 0 Å². The van der Waals surface area contributed by atoms with Crippen LogP contribution in [0.5, 0.6) is 0 Å². The quantitative estimate of drug-likeness (QED) is 0.747. The fourth-order valence-electron chi connectivity index (χ4n) is 3.55. The normalized spacial score (nSPS) is 16.3. The summed E-state index contributed by atoms with van der Waals surface area (Å²) in [7, 11) is 0. The molecule has 5 nitrogen and oxygen atoms in total. The van der Waals surface area contributed by atoms with E-state index in [1.165, 1.54) is 11.9 Å². The smallest absolute Gasteiger partial charge is 0.220 e. The topological polar surface area (TPSA) is 59.0 Å². The van der Waals surface area contributed by atoms with Crippen LogP contribution >= 0.6 is 24.8 Å².